The number of rotatable bonds is 6. The summed E-state index contributed by atoms with van der Waals surface area (Å²) >= 11 is 0. The number of amides is 2. The fourth-order valence-electron chi connectivity index (χ4n) is 2.42. The molecule has 0 saturated carbocycles. The van der Waals surface area contributed by atoms with Gasteiger partial charge in [-0.25, -0.2) is 0 Å². The maximum Gasteiger partial charge on any atom is 0.226 e. The van der Waals surface area contributed by atoms with Gasteiger partial charge in [-0.05, 0) is 50.2 Å². The number of carbonyl (C=O) groups is 3. The molecule has 0 radical (unpaired) electrons. The van der Waals surface area contributed by atoms with Gasteiger partial charge < -0.3 is 10.2 Å². The minimum absolute atomic E-state index is 0.0293. The number of nitrogens with zero attached hydrogens (tertiary/aromatic N) is 1. The van der Waals surface area contributed by atoms with Gasteiger partial charge in [-0.15, -0.1) is 0 Å². The monoisotopic (exact) mass is 338 g/mol. The van der Waals surface area contributed by atoms with E-state index >= 15 is 0 Å². The summed E-state index contributed by atoms with van der Waals surface area (Å²) in [6, 6.07) is 14.3. The maximum atomic E-state index is 12.1. The predicted octanol–water partition coefficient (Wildman–Crippen LogP) is 3.58. The standard InChI is InChI=1S/C20H22N2O3/c1-14-4-8-18(9-5-14)21-20(25)12-13-22(16(3)24)19-10-6-17(7-11-19)15(2)23/h4-11H,12-13H2,1-3H3,(H,21,25). The zero-order chi connectivity index (χ0) is 18.4. The normalized spacial score (nSPS) is 10.2. The van der Waals surface area contributed by atoms with Crippen LogP contribution >= 0.6 is 0 Å². The van der Waals surface area contributed by atoms with Crippen molar-refractivity contribution < 1.29 is 14.4 Å². The summed E-state index contributed by atoms with van der Waals surface area (Å²) in [7, 11) is 0. The smallest absolute Gasteiger partial charge is 0.226 e. The van der Waals surface area contributed by atoms with Gasteiger partial charge in [0, 0.05) is 36.8 Å². The summed E-state index contributed by atoms with van der Waals surface area (Å²) in [5, 5.41) is 2.82. The van der Waals surface area contributed by atoms with E-state index in [0.29, 0.717) is 11.3 Å². The van der Waals surface area contributed by atoms with Gasteiger partial charge in [-0.1, -0.05) is 17.7 Å². The van der Waals surface area contributed by atoms with Gasteiger partial charge in [0.1, 0.15) is 0 Å². The molecule has 0 bridgehead atoms. The van der Waals surface area contributed by atoms with Crippen molar-refractivity contribution in [3.8, 4) is 0 Å². The fraction of sp³-hybridized carbons (Fsp3) is 0.250. The highest BCUT2D eigenvalue weighted by Crippen LogP contribution is 2.17. The van der Waals surface area contributed by atoms with Crippen molar-refractivity contribution in [1.29, 1.82) is 0 Å². The molecule has 0 aliphatic heterocycles. The van der Waals surface area contributed by atoms with Crippen LogP contribution in [0.5, 0.6) is 0 Å². The van der Waals surface area contributed by atoms with Gasteiger partial charge in [-0.2, -0.15) is 0 Å². The van der Waals surface area contributed by atoms with Crippen molar-refractivity contribution in [2.45, 2.75) is 27.2 Å². The molecule has 0 atom stereocenters. The first-order chi connectivity index (χ1) is 11.9. The van der Waals surface area contributed by atoms with Crippen molar-refractivity contribution in [2.75, 3.05) is 16.8 Å². The van der Waals surface area contributed by atoms with E-state index in [0.717, 1.165) is 11.3 Å². The summed E-state index contributed by atoms with van der Waals surface area (Å²) in [6.45, 7) is 5.20. The average Bonchev–Trinajstić information content (AvgIpc) is 2.57. The molecule has 5 nitrogen and oxygen atoms in total. The van der Waals surface area contributed by atoms with E-state index in [1.165, 1.54) is 18.7 Å². The van der Waals surface area contributed by atoms with Crippen LogP contribution in [0, 0.1) is 6.92 Å². The lowest BCUT2D eigenvalue weighted by Crippen LogP contribution is -2.32. The second kappa shape index (κ2) is 8.24. The molecular weight excluding hydrogens is 316 g/mol. The predicted molar refractivity (Wildman–Crippen MR) is 98.9 cm³/mol. The number of hydrogen-bond acceptors (Lipinski definition) is 3. The van der Waals surface area contributed by atoms with Gasteiger partial charge in [0.15, 0.2) is 5.78 Å². The zero-order valence-corrected chi connectivity index (χ0v) is 14.7. The number of benzene rings is 2. The Morgan fingerprint density at radius 2 is 1.52 bits per heavy atom. The number of ketones is 1. The topological polar surface area (TPSA) is 66.5 Å². The number of Topliss-reactive ketones (excluding diaryl/α,β-unsaturated/α-hetero) is 1. The average molecular weight is 338 g/mol. The quantitative estimate of drug-likeness (QED) is 0.819. The molecule has 0 unspecified atom stereocenters. The molecule has 1 N–H and O–H groups in total. The number of hydrogen-bond donors (Lipinski definition) is 1. The van der Waals surface area contributed by atoms with Crippen molar-refractivity contribution in [3.05, 3.63) is 59.7 Å². The Balaban J connectivity index is 1.99. The van der Waals surface area contributed by atoms with Crippen LogP contribution in [-0.4, -0.2) is 24.1 Å². The lowest BCUT2D eigenvalue weighted by Gasteiger charge is -2.21. The van der Waals surface area contributed by atoms with E-state index < -0.39 is 0 Å². The van der Waals surface area contributed by atoms with Gasteiger partial charge in [0.25, 0.3) is 0 Å². The van der Waals surface area contributed by atoms with Crippen LogP contribution in [0.25, 0.3) is 0 Å². The van der Waals surface area contributed by atoms with Crippen molar-refractivity contribution in [3.63, 3.8) is 0 Å². The number of nitrogens with one attached hydrogen (secondary N) is 1. The highest BCUT2D eigenvalue weighted by Gasteiger charge is 2.14. The Labute approximate surface area is 147 Å². The van der Waals surface area contributed by atoms with Crippen molar-refractivity contribution in [1.82, 2.24) is 0 Å². The fourth-order valence-corrected chi connectivity index (χ4v) is 2.42. The van der Waals surface area contributed by atoms with Crippen molar-refractivity contribution >= 4 is 29.0 Å². The zero-order valence-electron chi connectivity index (χ0n) is 14.7. The molecule has 0 saturated heterocycles. The minimum atomic E-state index is -0.157. The molecule has 2 aromatic rings. The van der Waals surface area contributed by atoms with E-state index in [9.17, 15) is 14.4 Å². The number of carbonyl (C=O) groups excluding carboxylic acids is 3. The minimum Gasteiger partial charge on any atom is -0.326 e. The van der Waals surface area contributed by atoms with Crippen LogP contribution in [0.2, 0.25) is 0 Å². The largest absolute Gasteiger partial charge is 0.326 e. The van der Waals surface area contributed by atoms with Crippen LogP contribution in [0.15, 0.2) is 48.5 Å². The summed E-state index contributed by atoms with van der Waals surface area (Å²) in [5.41, 5.74) is 3.11. The lowest BCUT2D eigenvalue weighted by atomic mass is 10.1. The van der Waals surface area contributed by atoms with Crippen LogP contribution in [0.1, 0.15) is 36.2 Å². The molecule has 25 heavy (non-hydrogen) atoms. The van der Waals surface area contributed by atoms with E-state index in [-0.39, 0.29) is 30.6 Å². The third-order valence-corrected chi connectivity index (χ3v) is 3.86. The highest BCUT2D eigenvalue weighted by molar-refractivity contribution is 5.97. The molecule has 0 aliphatic carbocycles. The Kier molecular flexibility index (Phi) is 6.06. The summed E-state index contributed by atoms with van der Waals surface area (Å²) in [5.74, 6) is -0.340. The third-order valence-electron chi connectivity index (χ3n) is 3.86. The third kappa shape index (κ3) is 5.28. The molecule has 0 aromatic heterocycles. The Bertz CT molecular complexity index is 765. The van der Waals surface area contributed by atoms with E-state index in [4.69, 9.17) is 0 Å². The van der Waals surface area contributed by atoms with Crippen LogP contribution < -0.4 is 10.2 Å². The van der Waals surface area contributed by atoms with Gasteiger partial charge in [0.2, 0.25) is 11.8 Å². The molecule has 0 fully saturated rings. The van der Waals surface area contributed by atoms with Gasteiger partial charge >= 0.3 is 0 Å². The first-order valence-corrected chi connectivity index (χ1v) is 8.12. The maximum absolute atomic E-state index is 12.1. The second-order valence-corrected chi connectivity index (χ2v) is 5.94. The molecule has 0 heterocycles. The molecule has 2 aromatic carbocycles. The van der Waals surface area contributed by atoms with Crippen molar-refractivity contribution in [2.24, 2.45) is 0 Å². The molecule has 2 rings (SSSR count). The van der Waals surface area contributed by atoms with E-state index in [2.05, 4.69) is 5.32 Å². The van der Waals surface area contributed by atoms with Crippen LogP contribution in [0.4, 0.5) is 11.4 Å². The first-order valence-electron chi connectivity index (χ1n) is 8.12. The summed E-state index contributed by atoms with van der Waals surface area (Å²) in [4.78, 5) is 36.9. The van der Waals surface area contributed by atoms with Crippen LogP contribution in [-0.2, 0) is 9.59 Å². The molecule has 0 aliphatic rings. The van der Waals surface area contributed by atoms with Gasteiger partial charge in [-0.3, -0.25) is 14.4 Å². The molecule has 5 heteroatoms. The van der Waals surface area contributed by atoms with Gasteiger partial charge in [0.05, 0.1) is 0 Å². The first kappa shape index (κ1) is 18.4. The second-order valence-electron chi connectivity index (χ2n) is 5.94. The van der Waals surface area contributed by atoms with Crippen LogP contribution in [0.3, 0.4) is 0 Å². The number of anilines is 2. The molecule has 0 spiro atoms. The van der Waals surface area contributed by atoms with E-state index in [1.54, 1.807) is 24.3 Å². The molecule has 130 valence electrons. The van der Waals surface area contributed by atoms with E-state index in [1.807, 2.05) is 31.2 Å². The summed E-state index contributed by atoms with van der Waals surface area (Å²) < 4.78 is 0. The SMILES string of the molecule is CC(=O)c1ccc(N(CCC(=O)Nc2ccc(C)cc2)C(C)=O)cc1. The highest BCUT2D eigenvalue weighted by atomic mass is 16.2. The number of aryl methyl sites for hydroxylation is 1. The lowest BCUT2D eigenvalue weighted by molar-refractivity contribution is -0.117. The Hall–Kier alpha value is -2.95. The molecule has 2 amide bonds. The summed E-state index contributed by atoms with van der Waals surface area (Å²) in [6.07, 6.45) is 0.182. The Morgan fingerprint density at radius 1 is 0.920 bits per heavy atom. The Morgan fingerprint density at radius 3 is 2.04 bits per heavy atom. The molecular formula is C20H22N2O3.